The van der Waals surface area contributed by atoms with Crippen LogP contribution in [0.2, 0.25) is 0 Å². The fourth-order valence-electron chi connectivity index (χ4n) is 9.97. The van der Waals surface area contributed by atoms with Gasteiger partial charge in [0.1, 0.15) is 23.0 Å². The number of aliphatic hydroxyl groups excluding tert-OH is 1. The Morgan fingerprint density at radius 2 is 1.62 bits per heavy atom. The van der Waals surface area contributed by atoms with Crippen LogP contribution in [0.4, 0.5) is 0 Å². The fourth-order valence-corrected chi connectivity index (χ4v) is 9.97. The lowest BCUT2D eigenvalue weighted by molar-refractivity contribution is -0.230. The van der Waals surface area contributed by atoms with Crippen molar-refractivity contribution in [3.8, 4) is 0 Å². The highest BCUT2D eigenvalue weighted by Crippen LogP contribution is 2.56. The molecule has 1 saturated carbocycles. The molecule has 298 valence electrons. The summed E-state index contributed by atoms with van der Waals surface area (Å²) in [6.07, 6.45) is 3.33. The van der Waals surface area contributed by atoms with Crippen molar-refractivity contribution in [3.05, 3.63) is 22.8 Å². The highest BCUT2D eigenvalue weighted by Gasteiger charge is 2.60. The van der Waals surface area contributed by atoms with Gasteiger partial charge < -0.3 is 24.4 Å². The molecule has 0 spiro atoms. The van der Waals surface area contributed by atoms with Crippen LogP contribution in [0, 0.1) is 40.9 Å². The van der Waals surface area contributed by atoms with Crippen LogP contribution in [0.5, 0.6) is 0 Å². The number of allylic oxidation sites excluding steroid dienone is 3. The number of esters is 2. The van der Waals surface area contributed by atoms with Crippen molar-refractivity contribution in [1.82, 2.24) is 0 Å². The molecule has 53 heavy (non-hydrogen) atoms. The SMILES string of the molecule is COC(=O)[C@@]12CC(=O)[C@@H](C(C)C)CC(=O)[C@@H](C)CCC[C@@H](C)CC(=O)[C@@H]1CC(C)=C1[C@H](O)C[C@](C)(O)[C@@H]3CC[C@](C)(OC(C)=O)[C@H](CC/C(C)=C\[C@H]12)O3. The van der Waals surface area contributed by atoms with Crippen LogP contribution in [-0.2, 0) is 38.2 Å². The summed E-state index contributed by atoms with van der Waals surface area (Å²) >= 11 is 0. The molecule has 2 heterocycles. The predicted octanol–water partition coefficient (Wildman–Crippen LogP) is 6.82. The second kappa shape index (κ2) is 17.0. The number of Topliss-reactive ketones (excluding diaryl/α,β-unsaturated/α-hetero) is 3. The van der Waals surface area contributed by atoms with E-state index < -0.39 is 64.6 Å². The van der Waals surface area contributed by atoms with Crippen molar-refractivity contribution in [2.75, 3.05) is 7.11 Å². The minimum atomic E-state index is -1.71. The molecule has 0 unspecified atom stereocenters. The van der Waals surface area contributed by atoms with Crippen molar-refractivity contribution in [1.29, 1.82) is 0 Å². The third-order valence-electron chi connectivity index (χ3n) is 13.2. The summed E-state index contributed by atoms with van der Waals surface area (Å²) in [6.45, 7) is 16.4. The number of carbonyl (C=O) groups excluding carboxylic acids is 5. The molecule has 0 radical (unpaired) electrons. The number of methoxy groups -OCH3 is 1. The van der Waals surface area contributed by atoms with Gasteiger partial charge in [0, 0.05) is 56.3 Å². The van der Waals surface area contributed by atoms with Crippen LogP contribution in [-0.4, -0.2) is 76.1 Å². The lowest BCUT2D eigenvalue weighted by Crippen LogP contribution is -2.57. The monoisotopic (exact) mass is 742 g/mol. The van der Waals surface area contributed by atoms with E-state index in [1.165, 1.54) is 14.0 Å². The van der Waals surface area contributed by atoms with Gasteiger partial charge in [0.2, 0.25) is 0 Å². The van der Waals surface area contributed by atoms with Crippen molar-refractivity contribution < 1.29 is 48.4 Å². The summed E-state index contributed by atoms with van der Waals surface area (Å²) in [6, 6.07) is 0. The minimum Gasteiger partial charge on any atom is -0.469 e. The first kappa shape index (κ1) is 43.0. The number of carbonyl (C=O) groups is 5. The number of ether oxygens (including phenoxy) is 3. The highest BCUT2D eigenvalue weighted by atomic mass is 16.6. The molecule has 0 amide bonds. The third-order valence-corrected chi connectivity index (χ3v) is 13.2. The molecule has 2 aliphatic carbocycles. The van der Waals surface area contributed by atoms with Crippen molar-refractivity contribution in [2.45, 2.75) is 169 Å². The fraction of sp³-hybridized carbons (Fsp3) is 0.791. The molecule has 10 nitrogen and oxygen atoms in total. The van der Waals surface area contributed by atoms with Crippen LogP contribution in [0.3, 0.4) is 0 Å². The van der Waals surface area contributed by atoms with Gasteiger partial charge in [-0.25, -0.2) is 0 Å². The third kappa shape index (κ3) is 9.24. The van der Waals surface area contributed by atoms with Crippen LogP contribution in [0.25, 0.3) is 0 Å². The molecule has 2 aliphatic heterocycles. The topological polar surface area (TPSA) is 154 Å². The Hall–Kier alpha value is -2.69. The maximum Gasteiger partial charge on any atom is 0.313 e. The molecule has 4 rings (SSSR count). The summed E-state index contributed by atoms with van der Waals surface area (Å²) in [5.41, 5.74) is -2.08. The van der Waals surface area contributed by atoms with Crippen molar-refractivity contribution >= 4 is 29.3 Å². The van der Waals surface area contributed by atoms with E-state index in [0.717, 1.165) is 24.0 Å². The molecule has 2 fully saturated rings. The second-order valence-electron chi connectivity index (χ2n) is 18.0. The number of rotatable bonds is 3. The average molecular weight is 743 g/mol. The second-order valence-corrected chi connectivity index (χ2v) is 18.0. The molecule has 2 N–H and O–H groups in total. The quantitative estimate of drug-likeness (QED) is 0.233. The van der Waals surface area contributed by atoms with Gasteiger partial charge in [-0.05, 0) is 83.6 Å². The van der Waals surface area contributed by atoms with E-state index >= 15 is 0 Å². The molecule has 1 saturated heterocycles. The maximum absolute atomic E-state index is 14.8. The van der Waals surface area contributed by atoms with Gasteiger partial charge in [-0.3, -0.25) is 24.0 Å². The summed E-state index contributed by atoms with van der Waals surface area (Å²) < 4.78 is 18.0. The predicted molar refractivity (Wildman–Crippen MR) is 200 cm³/mol. The summed E-state index contributed by atoms with van der Waals surface area (Å²) in [4.78, 5) is 69.9. The van der Waals surface area contributed by atoms with Crippen LogP contribution in [0.15, 0.2) is 22.8 Å². The molecule has 0 aromatic rings. The van der Waals surface area contributed by atoms with Gasteiger partial charge in [-0.1, -0.05) is 57.8 Å². The van der Waals surface area contributed by atoms with Crippen LogP contribution in [0.1, 0.15) is 139 Å². The number of hydrogen-bond donors (Lipinski definition) is 2. The van der Waals surface area contributed by atoms with Crippen molar-refractivity contribution in [3.63, 3.8) is 0 Å². The van der Waals surface area contributed by atoms with E-state index in [2.05, 4.69) is 0 Å². The zero-order valence-electron chi connectivity index (χ0n) is 33.9. The lowest BCUT2D eigenvalue weighted by Gasteiger charge is -2.51. The average Bonchev–Trinajstić information content (AvgIpc) is 3.05. The molecule has 0 aromatic carbocycles. The number of fused-ring (bicyclic) bond motifs is 5. The van der Waals surface area contributed by atoms with Crippen molar-refractivity contribution in [2.24, 2.45) is 40.9 Å². The molecule has 2 bridgehead atoms. The Kier molecular flexibility index (Phi) is 13.8. The Morgan fingerprint density at radius 3 is 2.25 bits per heavy atom. The van der Waals surface area contributed by atoms with E-state index in [-0.39, 0.29) is 67.2 Å². The Morgan fingerprint density at radius 1 is 0.943 bits per heavy atom. The highest BCUT2D eigenvalue weighted by molar-refractivity contribution is 5.97. The van der Waals surface area contributed by atoms with Gasteiger partial charge in [0.05, 0.1) is 36.4 Å². The first-order valence-corrected chi connectivity index (χ1v) is 20.0. The van der Waals surface area contributed by atoms with E-state index in [1.807, 2.05) is 54.5 Å². The van der Waals surface area contributed by atoms with E-state index in [1.54, 1.807) is 6.92 Å². The number of hydrogen-bond acceptors (Lipinski definition) is 10. The Bertz CT molecular complexity index is 1470. The van der Waals surface area contributed by atoms with E-state index in [0.29, 0.717) is 37.7 Å². The Labute approximate surface area is 316 Å². The van der Waals surface area contributed by atoms with Gasteiger partial charge in [-0.15, -0.1) is 0 Å². The largest absolute Gasteiger partial charge is 0.469 e. The summed E-state index contributed by atoms with van der Waals surface area (Å²) in [5, 5.41) is 24.3. The summed E-state index contributed by atoms with van der Waals surface area (Å²) in [7, 11) is 1.27. The zero-order chi connectivity index (χ0) is 39.6. The smallest absolute Gasteiger partial charge is 0.313 e. The van der Waals surface area contributed by atoms with Gasteiger partial charge in [-0.2, -0.15) is 0 Å². The molecule has 10 heteroatoms. The van der Waals surface area contributed by atoms with Crippen LogP contribution < -0.4 is 0 Å². The maximum atomic E-state index is 14.8. The molecular weight excluding hydrogens is 676 g/mol. The summed E-state index contributed by atoms with van der Waals surface area (Å²) in [5.74, 6) is -4.42. The molecular formula is C43H66O10. The molecule has 0 aromatic heterocycles. The van der Waals surface area contributed by atoms with Gasteiger partial charge in [0.15, 0.2) is 0 Å². The first-order chi connectivity index (χ1) is 24.7. The Balaban J connectivity index is 1.97. The van der Waals surface area contributed by atoms with E-state index in [4.69, 9.17) is 14.2 Å². The van der Waals surface area contributed by atoms with Crippen LogP contribution >= 0.6 is 0 Å². The first-order valence-electron chi connectivity index (χ1n) is 20.0. The van der Waals surface area contributed by atoms with Gasteiger partial charge >= 0.3 is 11.9 Å². The normalized spacial score (nSPS) is 40.8. The lowest BCUT2D eigenvalue weighted by atomic mass is 9.52. The number of ketones is 3. The standard InChI is InChI=1S/C43H66O10/c1-24(2)30-21-33(45)27(5)13-11-12-25(3)19-34(46)31-20-28(6)39-32(43(31,23-35(30)47)40(49)51-10)18-26(4)14-15-38-42(9,53-29(7)44)17-16-37(52-38)41(8,50)22-36(39)48/h18,24-25,27,30-32,36-38,48,50H,11-17,19-23H2,1-10H3/b26-18-/t25-,27+,30-,31+,32-,36-,37+,38+,41+,42+,43+/m1/s1. The van der Waals surface area contributed by atoms with E-state index in [9.17, 15) is 34.2 Å². The zero-order valence-corrected chi connectivity index (χ0v) is 33.9. The minimum absolute atomic E-state index is 0.00639. The molecule has 4 aliphatic rings. The number of aliphatic hydroxyl groups is 2. The van der Waals surface area contributed by atoms with Gasteiger partial charge in [0.25, 0.3) is 0 Å². The molecule has 11 atom stereocenters.